The van der Waals surface area contributed by atoms with Crippen molar-refractivity contribution in [1.82, 2.24) is 0 Å². The maximum atomic E-state index is 12.7. The van der Waals surface area contributed by atoms with E-state index < -0.39 is 20.4 Å². The summed E-state index contributed by atoms with van der Waals surface area (Å²) in [5.74, 6) is -0.409. The van der Waals surface area contributed by atoms with Crippen molar-refractivity contribution < 1.29 is 12.8 Å². The number of benzene rings is 1. The monoisotopic (exact) mass is 304 g/mol. The van der Waals surface area contributed by atoms with E-state index in [-0.39, 0.29) is 9.22 Å². The molecule has 0 aromatic heterocycles. The Hall–Kier alpha value is -0.420. The third kappa shape index (κ3) is 1.19. The van der Waals surface area contributed by atoms with Gasteiger partial charge in [0.15, 0.2) is 9.84 Å². The van der Waals surface area contributed by atoms with Gasteiger partial charge in [-0.15, -0.1) is 0 Å². The Kier molecular flexibility index (Phi) is 1.93. The lowest BCUT2D eigenvalue weighted by Gasteiger charge is -2.66. The minimum Gasteiger partial charge on any atom is -0.223 e. The average molecular weight is 305 g/mol. The number of sulfone groups is 1. The van der Waals surface area contributed by atoms with Crippen LogP contribution in [0.1, 0.15) is 19.3 Å². The van der Waals surface area contributed by atoms with Crippen LogP contribution in [0.25, 0.3) is 0 Å². The second-order valence-corrected chi connectivity index (χ2v) is 8.85. The highest BCUT2D eigenvalue weighted by molar-refractivity contribution is 9.10. The fourth-order valence-electron chi connectivity index (χ4n) is 2.73. The first-order valence-corrected chi connectivity index (χ1v) is 7.34. The van der Waals surface area contributed by atoms with Gasteiger partial charge in [-0.3, -0.25) is 0 Å². The van der Waals surface area contributed by atoms with Crippen molar-refractivity contribution in [3.63, 3.8) is 0 Å². The predicted octanol–water partition coefficient (Wildman–Crippen LogP) is 2.67. The Morgan fingerprint density at radius 3 is 2.06 bits per heavy atom. The summed E-state index contributed by atoms with van der Waals surface area (Å²) in [7, 11) is -3.29. The molecular formula is C11H10BrFO2S. The van der Waals surface area contributed by atoms with E-state index in [1.165, 1.54) is 24.3 Å². The predicted molar refractivity (Wildman–Crippen MR) is 61.8 cm³/mol. The Morgan fingerprint density at radius 2 is 1.62 bits per heavy atom. The molecule has 0 heterocycles. The van der Waals surface area contributed by atoms with Crippen molar-refractivity contribution in [1.29, 1.82) is 0 Å². The normalized spacial score (nSPS) is 36.4. The van der Waals surface area contributed by atoms with Gasteiger partial charge in [-0.25, -0.2) is 12.8 Å². The zero-order chi connectivity index (χ0) is 11.6. The lowest BCUT2D eigenvalue weighted by atomic mass is 9.55. The maximum absolute atomic E-state index is 12.7. The van der Waals surface area contributed by atoms with Crippen LogP contribution in [0.2, 0.25) is 0 Å². The third-order valence-electron chi connectivity index (χ3n) is 3.61. The summed E-state index contributed by atoms with van der Waals surface area (Å²) < 4.78 is 36.8. The maximum Gasteiger partial charge on any atom is 0.184 e. The molecule has 0 atom stereocenters. The molecule has 1 aromatic rings. The molecule has 1 aromatic carbocycles. The van der Waals surface area contributed by atoms with Crippen LogP contribution in [0.15, 0.2) is 29.2 Å². The van der Waals surface area contributed by atoms with E-state index in [2.05, 4.69) is 15.9 Å². The molecule has 4 rings (SSSR count). The molecule has 0 spiro atoms. The summed E-state index contributed by atoms with van der Waals surface area (Å²) in [5.41, 5.74) is 0. The molecule has 2 nitrogen and oxygen atoms in total. The summed E-state index contributed by atoms with van der Waals surface area (Å²) in [4.78, 5) is 0.239. The Labute approximate surface area is 102 Å². The number of alkyl halides is 1. The highest BCUT2D eigenvalue weighted by atomic mass is 79.9. The van der Waals surface area contributed by atoms with Crippen LogP contribution in [0.4, 0.5) is 4.39 Å². The molecular weight excluding hydrogens is 295 g/mol. The van der Waals surface area contributed by atoms with Gasteiger partial charge in [0.25, 0.3) is 0 Å². The molecule has 0 aliphatic heterocycles. The Bertz CT molecular complexity index is 530. The highest BCUT2D eigenvalue weighted by Crippen LogP contribution is 2.70. The second-order valence-electron chi connectivity index (χ2n) is 4.82. The smallest absolute Gasteiger partial charge is 0.184 e. The molecule has 0 unspecified atom stereocenters. The van der Waals surface area contributed by atoms with E-state index in [9.17, 15) is 12.8 Å². The molecule has 3 aliphatic rings. The molecule has 0 amide bonds. The lowest BCUT2D eigenvalue weighted by Crippen LogP contribution is -2.71. The van der Waals surface area contributed by atoms with E-state index in [0.717, 1.165) is 0 Å². The SMILES string of the molecule is O=S(=O)(c1ccc(F)cc1)C12CC(Br)(C1)C2. The van der Waals surface area contributed by atoms with Crippen LogP contribution in [-0.2, 0) is 9.84 Å². The zero-order valence-electron chi connectivity index (χ0n) is 8.41. The largest absolute Gasteiger partial charge is 0.223 e. The van der Waals surface area contributed by atoms with Crippen LogP contribution in [0.3, 0.4) is 0 Å². The van der Waals surface area contributed by atoms with Gasteiger partial charge in [-0.1, -0.05) is 15.9 Å². The Morgan fingerprint density at radius 1 is 1.12 bits per heavy atom. The summed E-state index contributed by atoms with van der Waals surface area (Å²) in [6.45, 7) is 0. The summed E-state index contributed by atoms with van der Waals surface area (Å²) in [6.07, 6.45) is 2.04. The van der Waals surface area contributed by atoms with Crippen molar-refractivity contribution in [2.75, 3.05) is 0 Å². The van der Waals surface area contributed by atoms with E-state index in [1.54, 1.807) is 0 Å². The van der Waals surface area contributed by atoms with Crippen molar-refractivity contribution in [3.8, 4) is 0 Å². The summed E-state index contributed by atoms with van der Waals surface area (Å²) >= 11 is 3.52. The van der Waals surface area contributed by atoms with Crippen LogP contribution in [0, 0.1) is 5.82 Å². The van der Waals surface area contributed by atoms with Gasteiger partial charge in [0.2, 0.25) is 0 Å². The van der Waals surface area contributed by atoms with E-state index >= 15 is 0 Å². The number of rotatable bonds is 2. The van der Waals surface area contributed by atoms with Crippen LogP contribution < -0.4 is 0 Å². The van der Waals surface area contributed by atoms with Crippen molar-refractivity contribution in [2.45, 2.75) is 33.2 Å². The summed E-state index contributed by atoms with van der Waals surface area (Å²) in [5, 5.41) is 0. The minimum absolute atomic E-state index is 0.0695. The first kappa shape index (κ1) is 10.7. The standard InChI is InChI=1S/C11H10BrFO2S/c12-10-5-11(6-10,7-10)16(14,15)9-3-1-8(13)2-4-9/h1-4H,5-7H2. The van der Waals surface area contributed by atoms with E-state index in [4.69, 9.17) is 0 Å². The number of halogens is 2. The first-order valence-electron chi connectivity index (χ1n) is 5.06. The molecule has 3 aliphatic carbocycles. The molecule has 3 saturated carbocycles. The molecule has 3 fully saturated rings. The van der Waals surface area contributed by atoms with Crippen molar-refractivity contribution in [3.05, 3.63) is 30.1 Å². The average Bonchev–Trinajstić information content (AvgIpc) is 2.12. The van der Waals surface area contributed by atoms with Crippen LogP contribution in [-0.4, -0.2) is 17.5 Å². The third-order valence-corrected chi connectivity index (χ3v) is 6.92. The molecule has 5 heteroatoms. The molecule has 0 radical (unpaired) electrons. The topological polar surface area (TPSA) is 34.1 Å². The van der Waals surface area contributed by atoms with E-state index in [0.29, 0.717) is 19.3 Å². The molecule has 0 N–H and O–H groups in total. The highest BCUT2D eigenvalue weighted by Gasteiger charge is 2.73. The van der Waals surface area contributed by atoms with Gasteiger partial charge in [0.1, 0.15) is 5.82 Å². The van der Waals surface area contributed by atoms with Gasteiger partial charge in [-0.2, -0.15) is 0 Å². The minimum atomic E-state index is -3.29. The van der Waals surface area contributed by atoms with Gasteiger partial charge < -0.3 is 0 Å². The first-order chi connectivity index (χ1) is 7.37. The fraction of sp³-hybridized carbons (Fsp3) is 0.455. The van der Waals surface area contributed by atoms with Crippen LogP contribution in [0.5, 0.6) is 0 Å². The fourth-order valence-corrected chi connectivity index (χ4v) is 7.29. The van der Waals surface area contributed by atoms with Gasteiger partial charge in [-0.05, 0) is 43.5 Å². The summed E-state index contributed by atoms with van der Waals surface area (Å²) in [6, 6.07) is 5.10. The quantitative estimate of drug-likeness (QED) is 0.622. The number of hydrogen-bond donors (Lipinski definition) is 0. The Balaban J connectivity index is 1.98. The van der Waals surface area contributed by atoms with Gasteiger partial charge in [0.05, 0.1) is 9.64 Å². The van der Waals surface area contributed by atoms with Crippen molar-refractivity contribution in [2.24, 2.45) is 0 Å². The molecule has 0 saturated heterocycles. The van der Waals surface area contributed by atoms with Gasteiger partial charge in [0, 0.05) is 4.32 Å². The van der Waals surface area contributed by atoms with E-state index in [1.807, 2.05) is 0 Å². The molecule has 86 valence electrons. The van der Waals surface area contributed by atoms with Gasteiger partial charge >= 0.3 is 0 Å². The van der Waals surface area contributed by atoms with Crippen LogP contribution >= 0.6 is 15.9 Å². The second kappa shape index (κ2) is 2.88. The lowest BCUT2D eigenvalue weighted by molar-refractivity contribution is 0.0935. The molecule has 16 heavy (non-hydrogen) atoms. The van der Waals surface area contributed by atoms with Crippen molar-refractivity contribution >= 4 is 25.8 Å². The molecule has 2 bridgehead atoms. The number of hydrogen-bond acceptors (Lipinski definition) is 2. The zero-order valence-corrected chi connectivity index (χ0v) is 10.8.